The fourth-order valence-electron chi connectivity index (χ4n) is 4.11. The molecule has 0 bridgehead atoms. The van der Waals surface area contributed by atoms with Gasteiger partial charge in [0.2, 0.25) is 5.91 Å². The minimum Gasteiger partial charge on any atom is -0.467 e. The van der Waals surface area contributed by atoms with Crippen LogP contribution in [0.25, 0.3) is 0 Å². The molecule has 0 atom stereocenters. The van der Waals surface area contributed by atoms with E-state index in [9.17, 15) is 9.59 Å². The number of hydrogen-bond acceptors (Lipinski definition) is 6. The molecule has 4 rings (SSSR count). The van der Waals surface area contributed by atoms with Gasteiger partial charge in [0.05, 0.1) is 42.2 Å². The Morgan fingerprint density at radius 3 is 2.40 bits per heavy atom. The topological polar surface area (TPSA) is 92.8 Å². The highest BCUT2D eigenvalue weighted by atomic mass is 16.3. The van der Waals surface area contributed by atoms with E-state index in [2.05, 4.69) is 21.2 Å². The number of nitrogens with one attached hydrogen (secondary N) is 1. The van der Waals surface area contributed by atoms with Crippen molar-refractivity contribution < 1.29 is 14.0 Å². The zero-order chi connectivity index (χ0) is 24.6. The highest BCUT2D eigenvalue weighted by Gasteiger charge is 2.23. The van der Waals surface area contributed by atoms with Gasteiger partial charge in [-0.2, -0.15) is 5.26 Å². The molecule has 0 spiro atoms. The average molecular weight is 472 g/mol. The van der Waals surface area contributed by atoms with Crippen LogP contribution in [-0.2, 0) is 17.9 Å². The van der Waals surface area contributed by atoms with Gasteiger partial charge in [-0.3, -0.25) is 19.4 Å². The van der Waals surface area contributed by atoms with Crippen molar-refractivity contribution in [2.24, 2.45) is 0 Å². The molecule has 0 saturated carbocycles. The molecule has 35 heavy (non-hydrogen) atoms. The van der Waals surface area contributed by atoms with Crippen LogP contribution in [0.3, 0.4) is 0 Å². The van der Waals surface area contributed by atoms with E-state index in [4.69, 9.17) is 9.68 Å². The monoisotopic (exact) mass is 471 g/mol. The normalized spacial score (nSPS) is 14.3. The lowest BCUT2D eigenvalue weighted by molar-refractivity contribution is -0.119. The van der Waals surface area contributed by atoms with E-state index < -0.39 is 0 Å². The van der Waals surface area contributed by atoms with Crippen molar-refractivity contribution in [3.8, 4) is 6.07 Å². The first-order valence-corrected chi connectivity index (χ1v) is 11.6. The molecule has 3 aromatic rings. The molecule has 2 aromatic carbocycles. The number of anilines is 1. The number of carbonyl (C=O) groups is 2. The number of nitrogens with zero attached hydrogens (tertiary/aromatic N) is 4. The van der Waals surface area contributed by atoms with Gasteiger partial charge in [-0.1, -0.05) is 24.3 Å². The zero-order valence-electron chi connectivity index (χ0n) is 19.8. The molecule has 2 amide bonds. The largest absolute Gasteiger partial charge is 0.467 e. The molecule has 1 aromatic heterocycles. The van der Waals surface area contributed by atoms with Crippen LogP contribution in [0.15, 0.2) is 71.3 Å². The number of carbonyl (C=O) groups excluding carboxylic acids is 2. The fraction of sp³-hybridized carbons (Fsp3) is 0.296. The predicted octanol–water partition coefficient (Wildman–Crippen LogP) is 2.86. The number of piperazine rings is 1. The molecule has 1 fully saturated rings. The maximum Gasteiger partial charge on any atom is 0.253 e. The van der Waals surface area contributed by atoms with Crippen LogP contribution in [0.1, 0.15) is 27.2 Å². The van der Waals surface area contributed by atoms with Gasteiger partial charge in [0.1, 0.15) is 5.76 Å². The summed E-state index contributed by atoms with van der Waals surface area (Å²) in [4.78, 5) is 31.9. The van der Waals surface area contributed by atoms with Crippen LogP contribution in [-0.4, -0.2) is 61.4 Å². The molecule has 8 heteroatoms. The molecule has 180 valence electrons. The first-order chi connectivity index (χ1) is 17.0. The second kappa shape index (κ2) is 11.5. The van der Waals surface area contributed by atoms with Gasteiger partial charge >= 0.3 is 0 Å². The number of furan rings is 1. The Labute approximate surface area is 205 Å². The lowest BCUT2D eigenvalue weighted by Crippen LogP contribution is -2.49. The van der Waals surface area contributed by atoms with E-state index in [0.29, 0.717) is 29.1 Å². The third-order valence-corrected chi connectivity index (χ3v) is 6.20. The lowest BCUT2D eigenvalue weighted by atomic mass is 10.1. The molecule has 0 radical (unpaired) electrons. The van der Waals surface area contributed by atoms with Gasteiger partial charge in [0, 0.05) is 39.8 Å². The second-order valence-electron chi connectivity index (χ2n) is 8.59. The minimum atomic E-state index is -0.256. The van der Waals surface area contributed by atoms with E-state index in [0.717, 1.165) is 32.7 Å². The smallest absolute Gasteiger partial charge is 0.253 e. The Morgan fingerprint density at radius 2 is 1.71 bits per heavy atom. The standard InChI is InChI=1S/C27H29N5O3/c1-30(25-7-3-2-6-24(25)27(34)29-18-23-5-4-16-35-23)26(33)20-32-14-12-31(13-15-32)19-22-10-8-21(17-28)9-11-22/h2-11,16H,12-15,18-20H2,1H3,(H,29,34). The van der Waals surface area contributed by atoms with E-state index >= 15 is 0 Å². The molecule has 8 nitrogen and oxygen atoms in total. The van der Waals surface area contributed by atoms with E-state index in [-0.39, 0.29) is 18.4 Å². The van der Waals surface area contributed by atoms with E-state index in [1.54, 1.807) is 48.5 Å². The number of hydrogen-bond donors (Lipinski definition) is 1. The quantitative estimate of drug-likeness (QED) is 0.543. The third kappa shape index (κ3) is 6.35. The van der Waals surface area contributed by atoms with Crippen LogP contribution in [0.2, 0.25) is 0 Å². The summed E-state index contributed by atoms with van der Waals surface area (Å²) in [7, 11) is 1.71. The van der Waals surface area contributed by atoms with Crippen LogP contribution < -0.4 is 10.2 Å². The molecule has 0 unspecified atom stereocenters. The number of benzene rings is 2. The highest BCUT2D eigenvalue weighted by molar-refractivity contribution is 6.04. The summed E-state index contributed by atoms with van der Waals surface area (Å²) in [6.45, 7) is 4.72. The van der Waals surface area contributed by atoms with Gasteiger partial charge in [-0.05, 0) is 42.0 Å². The molecule has 1 saturated heterocycles. The summed E-state index contributed by atoms with van der Waals surface area (Å²) in [6, 6.07) is 20.5. The summed E-state index contributed by atoms with van der Waals surface area (Å²) >= 11 is 0. The summed E-state index contributed by atoms with van der Waals surface area (Å²) in [5.74, 6) is 0.350. The number of likely N-dealkylation sites (N-methyl/N-ethyl adjacent to an activating group) is 1. The minimum absolute atomic E-state index is 0.0585. The van der Waals surface area contributed by atoms with Gasteiger partial charge in [0.25, 0.3) is 5.91 Å². The maximum atomic E-state index is 13.1. The first kappa shape index (κ1) is 24.2. The van der Waals surface area contributed by atoms with E-state index in [1.165, 1.54) is 5.56 Å². The Kier molecular flexibility index (Phi) is 7.93. The average Bonchev–Trinajstić information content (AvgIpc) is 3.42. The van der Waals surface area contributed by atoms with E-state index in [1.807, 2.05) is 30.3 Å². The van der Waals surface area contributed by atoms with Crippen molar-refractivity contribution in [2.75, 3.05) is 44.7 Å². The SMILES string of the molecule is CN(C(=O)CN1CCN(Cc2ccc(C#N)cc2)CC1)c1ccccc1C(=O)NCc1ccco1. The summed E-state index contributed by atoms with van der Waals surface area (Å²) in [6.07, 6.45) is 1.56. The number of amides is 2. The first-order valence-electron chi connectivity index (χ1n) is 11.6. The Hall–Kier alpha value is -3.93. The van der Waals surface area contributed by atoms with Crippen molar-refractivity contribution in [3.05, 3.63) is 89.4 Å². The number of rotatable bonds is 8. The molecular formula is C27H29N5O3. The van der Waals surface area contributed by atoms with Gasteiger partial charge in [-0.15, -0.1) is 0 Å². The van der Waals surface area contributed by atoms with Crippen LogP contribution in [0.4, 0.5) is 5.69 Å². The van der Waals surface area contributed by atoms with Crippen molar-refractivity contribution >= 4 is 17.5 Å². The third-order valence-electron chi connectivity index (χ3n) is 6.20. The van der Waals surface area contributed by atoms with Crippen LogP contribution in [0.5, 0.6) is 0 Å². The van der Waals surface area contributed by atoms with Gasteiger partial charge in [-0.25, -0.2) is 0 Å². The van der Waals surface area contributed by atoms with Crippen molar-refractivity contribution in [1.82, 2.24) is 15.1 Å². The molecule has 1 aliphatic rings. The number of para-hydroxylation sites is 1. The summed E-state index contributed by atoms with van der Waals surface area (Å²) < 4.78 is 5.27. The van der Waals surface area contributed by atoms with Crippen LogP contribution >= 0.6 is 0 Å². The number of nitriles is 1. The summed E-state index contributed by atoms with van der Waals surface area (Å²) in [5, 5.41) is 11.8. The highest BCUT2D eigenvalue weighted by Crippen LogP contribution is 2.20. The molecule has 1 N–H and O–H groups in total. The fourth-order valence-corrected chi connectivity index (χ4v) is 4.11. The molecule has 1 aliphatic heterocycles. The Morgan fingerprint density at radius 1 is 1.00 bits per heavy atom. The Balaban J connectivity index is 1.29. The van der Waals surface area contributed by atoms with Gasteiger partial charge < -0.3 is 14.6 Å². The lowest BCUT2D eigenvalue weighted by Gasteiger charge is -2.35. The molecule has 2 heterocycles. The summed E-state index contributed by atoms with van der Waals surface area (Å²) in [5.41, 5.74) is 2.86. The molecular weight excluding hydrogens is 442 g/mol. The van der Waals surface area contributed by atoms with Gasteiger partial charge in [0.15, 0.2) is 0 Å². The molecule has 0 aliphatic carbocycles. The van der Waals surface area contributed by atoms with Crippen molar-refractivity contribution in [1.29, 1.82) is 5.26 Å². The van der Waals surface area contributed by atoms with Crippen molar-refractivity contribution in [3.63, 3.8) is 0 Å². The van der Waals surface area contributed by atoms with Crippen molar-refractivity contribution in [2.45, 2.75) is 13.1 Å². The maximum absolute atomic E-state index is 13.1. The second-order valence-corrected chi connectivity index (χ2v) is 8.59. The Bertz CT molecular complexity index is 1180. The predicted molar refractivity (Wildman–Crippen MR) is 133 cm³/mol. The zero-order valence-corrected chi connectivity index (χ0v) is 19.8. The van der Waals surface area contributed by atoms with Crippen LogP contribution in [0, 0.1) is 11.3 Å².